The normalized spacial score (nSPS) is 9.96. The summed E-state index contributed by atoms with van der Waals surface area (Å²) in [6, 6.07) is 16.1. The summed E-state index contributed by atoms with van der Waals surface area (Å²) in [5, 5.41) is 5.10. The number of carbonyl (C=O) groups excluding carboxylic acids is 3. The molecule has 0 saturated carbocycles. The Morgan fingerprint density at radius 1 is 1.00 bits per heavy atom. The summed E-state index contributed by atoms with van der Waals surface area (Å²) in [7, 11) is 1.53. The van der Waals surface area contributed by atoms with Crippen LogP contribution >= 0.6 is 0 Å². The van der Waals surface area contributed by atoms with E-state index in [1.54, 1.807) is 24.3 Å². The standard InChI is InChI=1S/C19H20N2O4/c1-20-19(24)15-8-5-9-16(12-15)21-17(22)13-25-18(23)11-10-14-6-3-2-4-7-14/h2-9,12H,10-11,13H2,1H3,(H,20,24)(H,21,22). The Morgan fingerprint density at radius 2 is 1.76 bits per heavy atom. The van der Waals surface area contributed by atoms with Gasteiger partial charge in [0.15, 0.2) is 6.61 Å². The summed E-state index contributed by atoms with van der Waals surface area (Å²) in [6.45, 7) is -0.363. The third-order valence-electron chi connectivity index (χ3n) is 3.46. The number of hydrogen-bond acceptors (Lipinski definition) is 4. The monoisotopic (exact) mass is 340 g/mol. The van der Waals surface area contributed by atoms with Gasteiger partial charge in [0.05, 0.1) is 0 Å². The predicted molar refractivity (Wildman–Crippen MR) is 94.2 cm³/mol. The highest BCUT2D eigenvalue weighted by Crippen LogP contribution is 2.10. The van der Waals surface area contributed by atoms with E-state index in [1.807, 2.05) is 30.3 Å². The van der Waals surface area contributed by atoms with Crippen molar-refractivity contribution in [1.29, 1.82) is 0 Å². The highest BCUT2D eigenvalue weighted by Gasteiger charge is 2.09. The van der Waals surface area contributed by atoms with Crippen molar-refractivity contribution >= 4 is 23.5 Å². The average Bonchev–Trinajstić information content (AvgIpc) is 2.65. The van der Waals surface area contributed by atoms with Crippen molar-refractivity contribution in [3.05, 3.63) is 65.7 Å². The lowest BCUT2D eigenvalue weighted by Crippen LogP contribution is -2.22. The number of ether oxygens (including phenoxy) is 1. The van der Waals surface area contributed by atoms with E-state index in [0.29, 0.717) is 17.7 Å². The molecule has 2 rings (SSSR count). The predicted octanol–water partition coefficient (Wildman–Crippen LogP) is 2.16. The van der Waals surface area contributed by atoms with Crippen molar-refractivity contribution in [2.24, 2.45) is 0 Å². The first-order valence-corrected chi connectivity index (χ1v) is 7.90. The fourth-order valence-corrected chi connectivity index (χ4v) is 2.19. The fourth-order valence-electron chi connectivity index (χ4n) is 2.19. The molecule has 0 radical (unpaired) electrons. The number of nitrogens with one attached hydrogen (secondary N) is 2. The first-order valence-electron chi connectivity index (χ1n) is 7.90. The number of amides is 2. The van der Waals surface area contributed by atoms with Crippen LogP contribution < -0.4 is 10.6 Å². The van der Waals surface area contributed by atoms with E-state index in [0.717, 1.165) is 5.56 Å². The number of aryl methyl sites for hydroxylation is 1. The zero-order valence-corrected chi connectivity index (χ0v) is 14.0. The zero-order valence-electron chi connectivity index (χ0n) is 14.0. The van der Waals surface area contributed by atoms with Crippen molar-refractivity contribution in [3.8, 4) is 0 Å². The molecular formula is C19H20N2O4. The molecule has 0 aromatic heterocycles. The van der Waals surface area contributed by atoms with Gasteiger partial charge in [0.1, 0.15) is 0 Å². The van der Waals surface area contributed by atoms with Crippen LogP contribution in [0.2, 0.25) is 0 Å². The second kappa shape index (κ2) is 9.22. The van der Waals surface area contributed by atoms with Crippen molar-refractivity contribution in [3.63, 3.8) is 0 Å². The maximum absolute atomic E-state index is 11.9. The molecule has 0 fully saturated rings. The Hall–Kier alpha value is -3.15. The maximum Gasteiger partial charge on any atom is 0.306 e. The molecule has 2 aromatic carbocycles. The summed E-state index contributed by atoms with van der Waals surface area (Å²) in [6.07, 6.45) is 0.777. The van der Waals surface area contributed by atoms with Gasteiger partial charge in [0.25, 0.3) is 11.8 Å². The minimum atomic E-state index is -0.456. The number of hydrogen-bond donors (Lipinski definition) is 2. The smallest absolute Gasteiger partial charge is 0.306 e. The molecule has 0 aliphatic rings. The highest BCUT2D eigenvalue weighted by molar-refractivity contribution is 5.97. The first-order chi connectivity index (χ1) is 12.1. The molecule has 2 N–H and O–H groups in total. The molecule has 2 aromatic rings. The Labute approximate surface area is 146 Å². The quantitative estimate of drug-likeness (QED) is 0.757. The molecule has 0 spiro atoms. The lowest BCUT2D eigenvalue weighted by molar-refractivity contribution is -0.147. The number of esters is 1. The van der Waals surface area contributed by atoms with Crippen LogP contribution in [0.4, 0.5) is 5.69 Å². The van der Waals surface area contributed by atoms with Gasteiger partial charge < -0.3 is 15.4 Å². The number of carbonyl (C=O) groups is 3. The number of rotatable bonds is 7. The minimum absolute atomic E-state index is 0.212. The van der Waals surface area contributed by atoms with E-state index in [-0.39, 0.29) is 18.9 Å². The molecule has 0 bridgehead atoms. The van der Waals surface area contributed by atoms with Crippen LogP contribution in [0, 0.1) is 0 Å². The van der Waals surface area contributed by atoms with E-state index < -0.39 is 11.9 Å². The third kappa shape index (κ3) is 6.10. The van der Waals surface area contributed by atoms with Crippen molar-refractivity contribution in [2.75, 3.05) is 19.0 Å². The van der Waals surface area contributed by atoms with Crippen LogP contribution in [-0.2, 0) is 20.7 Å². The van der Waals surface area contributed by atoms with Crippen LogP contribution in [0.25, 0.3) is 0 Å². The van der Waals surface area contributed by atoms with Crippen LogP contribution in [0.5, 0.6) is 0 Å². The molecule has 0 atom stereocenters. The van der Waals surface area contributed by atoms with Crippen LogP contribution in [-0.4, -0.2) is 31.4 Å². The fraction of sp³-hybridized carbons (Fsp3) is 0.211. The average molecular weight is 340 g/mol. The number of benzene rings is 2. The Kier molecular flexibility index (Phi) is 6.71. The Balaban J connectivity index is 1.76. The zero-order chi connectivity index (χ0) is 18.1. The van der Waals surface area contributed by atoms with E-state index in [1.165, 1.54) is 7.05 Å². The van der Waals surface area contributed by atoms with E-state index in [4.69, 9.17) is 4.74 Å². The van der Waals surface area contributed by atoms with Gasteiger partial charge in [0.2, 0.25) is 0 Å². The Morgan fingerprint density at radius 3 is 2.48 bits per heavy atom. The van der Waals surface area contributed by atoms with Gasteiger partial charge >= 0.3 is 5.97 Å². The SMILES string of the molecule is CNC(=O)c1cccc(NC(=O)COC(=O)CCc2ccccc2)c1. The molecule has 0 unspecified atom stereocenters. The van der Waals surface area contributed by atoms with Gasteiger partial charge in [-0.25, -0.2) is 0 Å². The van der Waals surface area contributed by atoms with E-state index in [9.17, 15) is 14.4 Å². The lowest BCUT2D eigenvalue weighted by Gasteiger charge is -2.08. The summed E-state index contributed by atoms with van der Waals surface area (Å²) >= 11 is 0. The summed E-state index contributed by atoms with van der Waals surface area (Å²) in [4.78, 5) is 35.1. The van der Waals surface area contributed by atoms with Crippen molar-refractivity contribution < 1.29 is 19.1 Å². The molecule has 130 valence electrons. The van der Waals surface area contributed by atoms with Crippen LogP contribution in [0.15, 0.2) is 54.6 Å². The van der Waals surface area contributed by atoms with Gasteiger partial charge in [-0.15, -0.1) is 0 Å². The molecular weight excluding hydrogens is 320 g/mol. The summed E-state index contributed by atoms with van der Waals surface area (Å²) in [5.74, 6) is -1.14. The third-order valence-corrected chi connectivity index (χ3v) is 3.46. The van der Waals surface area contributed by atoms with E-state index >= 15 is 0 Å². The highest BCUT2D eigenvalue weighted by atomic mass is 16.5. The van der Waals surface area contributed by atoms with Gasteiger partial charge in [-0.2, -0.15) is 0 Å². The minimum Gasteiger partial charge on any atom is -0.456 e. The second-order valence-corrected chi connectivity index (χ2v) is 5.35. The molecule has 6 nitrogen and oxygen atoms in total. The van der Waals surface area contributed by atoms with Gasteiger partial charge in [-0.1, -0.05) is 36.4 Å². The molecule has 25 heavy (non-hydrogen) atoms. The molecule has 0 saturated heterocycles. The molecule has 6 heteroatoms. The van der Waals surface area contributed by atoms with Gasteiger partial charge in [0, 0.05) is 24.7 Å². The van der Waals surface area contributed by atoms with Crippen LogP contribution in [0.1, 0.15) is 22.3 Å². The molecule has 0 aliphatic heterocycles. The van der Waals surface area contributed by atoms with Crippen LogP contribution in [0.3, 0.4) is 0 Å². The first kappa shape index (κ1) is 18.2. The Bertz CT molecular complexity index is 744. The second-order valence-electron chi connectivity index (χ2n) is 5.35. The van der Waals surface area contributed by atoms with Gasteiger partial charge in [-0.3, -0.25) is 14.4 Å². The largest absolute Gasteiger partial charge is 0.456 e. The molecule has 0 aliphatic carbocycles. The van der Waals surface area contributed by atoms with Crippen molar-refractivity contribution in [2.45, 2.75) is 12.8 Å². The van der Waals surface area contributed by atoms with E-state index in [2.05, 4.69) is 10.6 Å². The van der Waals surface area contributed by atoms with Gasteiger partial charge in [-0.05, 0) is 30.2 Å². The molecule has 0 heterocycles. The molecule has 2 amide bonds. The summed E-state index contributed by atoms with van der Waals surface area (Å²) < 4.78 is 4.97. The lowest BCUT2D eigenvalue weighted by atomic mass is 10.1. The van der Waals surface area contributed by atoms with Crippen molar-refractivity contribution in [1.82, 2.24) is 5.32 Å². The number of anilines is 1. The maximum atomic E-state index is 11.9. The topological polar surface area (TPSA) is 84.5 Å². The summed E-state index contributed by atoms with van der Waals surface area (Å²) in [5.41, 5.74) is 1.93.